The van der Waals surface area contributed by atoms with E-state index in [1.54, 1.807) is 7.05 Å². The van der Waals surface area contributed by atoms with Crippen molar-refractivity contribution in [3.8, 4) is 0 Å². The van der Waals surface area contributed by atoms with E-state index in [1.165, 1.54) is 0 Å². The van der Waals surface area contributed by atoms with Crippen LogP contribution >= 0.6 is 0 Å². The van der Waals surface area contributed by atoms with E-state index in [-0.39, 0.29) is 23.8 Å². The Kier molecular flexibility index (Phi) is 5.95. The zero-order chi connectivity index (χ0) is 15.9. The zero-order valence-electron chi connectivity index (χ0n) is 13.3. The van der Waals surface area contributed by atoms with E-state index < -0.39 is 0 Å². The summed E-state index contributed by atoms with van der Waals surface area (Å²) in [4.78, 5) is 25.8. The van der Waals surface area contributed by atoms with Gasteiger partial charge in [0.2, 0.25) is 11.8 Å². The van der Waals surface area contributed by atoms with Crippen molar-refractivity contribution >= 4 is 11.8 Å². The molecule has 1 atom stereocenters. The highest BCUT2D eigenvalue weighted by Crippen LogP contribution is 2.17. The molecule has 5 nitrogen and oxygen atoms in total. The molecule has 1 aromatic carbocycles. The molecule has 1 unspecified atom stereocenters. The number of piperidine rings is 1. The number of nitrogens with one attached hydrogen (secondary N) is 2. The summed E-state index contributed by atoms with van der Waals surface area (Å²) in [5.41, 5.74) is 1.11. The number of nitrogens with zero attached hydrogens (tertiary/aromatic N) is 1. The van der Waals surface area contributed by atoms with E-state index in [4.69, 9.17) is 0 Å². The predicted octanol–water partition coefficient (Wildman–Crippen LogP) is 1.32. The minimum atomic E-state index is 0.0112. The minimum Gasteiger partial charge on any atom is -0.359 e. The van der Waals surface area contributed by atoms with Gasteiger partial charge in [0.25, 0.3) is 0 Å². The number of likely N-dealkylation sites (tertiary alicyclic amines) is 1. The van der Waals surface area contributed by atoms with Gasteiger partial charge in [0, 0.05) is 13.0 Å². The van der Waals surface area contributed by atoms with Gasteiger partial charge in [0.15, 0.2) is 0 Å². The van der Waals surface area contributed by atoms with Crippen molar-refractivity contribution in [1.29, 1.82) is 0 Å². The molecule has 1 aromatic rings. The lowest BCUT2D eigenvalue weighted by molar-refractivity contribution is -0.126. The van der Waals surface area contributed by atoms with Crippen LogP contribution in [0.25, 0.3) is 0 Å². The van der Waals surface area contributed by atoms with Crippen LogP contribution in [-0.2, 0) is 9.59 Å². The molecule has 1 aliphatic heterocycles. The van der Waals surface area contributed by atoms with Crippen molar-refractivity contribution in [1.82, 2.24) is 15.5 Å². The van der Waals surface area contributed by atoms with Crippen LogP contribution in [-0.4, -0.2) is 43.4 Å². The summed E-state index contributed by atoms with van der Waals surface area (Å²) in [5.74, 6) is 0.240. The molecule has 22 heavy (non-hydrogen) atoms. The second-order valence-corrected chi connectivity index (χ2v) is 5.86. The van der Waals surface area contributed by atoms with Crippen LogP contribution < -0.4 is 10.6 Å². The Labute approximate surface area is 132 Å². The number of rotatable bonds is 5. The predicted molar refractivity (Wildman–Crippen MR) is 86.2 cm³/mol. The van der Waals surface area contributed by atoms with Crippen LogP contribution in [0.1, 0.15) is 31.4 Å². The summed E-state index contributed by atoms with van der Waals surface area (Å²) < 4.78 is 0. The summed E-state index contributed by atoms with van der Waals surface area (Å²) in [5, 5.41) is 5.73. The lowest BCUT2D eigenvalue weighted by Crippen LogP contribution is -2.44. The Balaban J connectivity index is 1.75. The number of amides is 2. The molecule has 2 N–H and O–H groups in total. The normalized spacial score (nSPS) is 17.7. The standard InChI is InChI=1S/C17H25N3O2/c1-13(14-6-4-3-5-7-14)19-16(21)12-20-10-8-15(9-11-20)17(22)18-2/h3-7,13,15H,8-12H2,1-2H3,(H,18,22)(H,19,21). The van der Waals surface area contributed by atoms with Crippen LogP contribution in [0.3, 0.4) is 0 Å². The first kappa shape index (κ1) is 16.5. The third-order valence-corrected chi connectivity index (χ3v) is 4.25. The molecule has 5 heteroatoms. The van der Waals surface area contributed by atoms with Gasteiger partial charge >= 0.3 is 0 Å². The van der Waals surface area contributed by atoms with Crippen LogP contribution in [0.5, 0.6) is 0 Å². The Morgan fingerprint density at radius 2 is 1.86 bits per heavy atom. The smallest absolute Gasteiger partial charge is 0.234 e. The largest absolute Gasteiger partial charge is 0.359 e. The van der Waals surface area contributed by atoms with Crippen molar-refractivity contribution < 1.29 is 9.59 Å². The lowest BCUT2D eigenvalue weighted by atomic mass is 9.96. The second kappa shape index (κ2) is 7.94. The summed E-state index contributed by atoms with van der Waals surface area (Å²) in [6.07, 6.45) is 1.64. The van der Waals surface area contributed by atoms with E-state index in [9.17, 15) is 9.59 Å². The SMILES string of the molecule is CNC(=O)C1CCN(CC(=O)NC(C)c2ccccc2)CC1. The monoisotopic (exact) mass is 303 g/mol. The molecule has 120 valence electrons. The van der Waals surface area contributed by atoms with Gasteiger partial charge in [0.05, 0.1) is 12.6 Å². The number of benzene rings is 1. The number of hydrogen-bond donors (Lipinski definition) is 2. The molecule has 1 saturated heterocycles. The highest BCUT2D eigenvalue weighted by molar-refractivity contribution is 5.79. The quantitative estimate of drug-likeness (QED) is 0.862. The molecule has 1 heterocycles. The third-order valence-electron chi connectivity index (χ3n) is 4.25. The van der Waals surface area contributed by atoms with Crippen LogP contribution in [0.2, 0.25) is 0 Å². The first-order valence-electron chi connectivity index (χ1n) is 7.88. The number of carbonyl (C=O) groups is 2. The summed E-state index contributed by atoms with van der Waals surface area (Å²) in [6, 6.07) is 9.95. The Morgan fingerprint density at radius 1 is 1.23 bits per heavy atom. The van der Waals surface area contributed by atoms with Crippen molar-refractivity contribution in [3.63, 3.8) is 0 Å². The van der Waals surface area contributed by atoms with E-state index in [0.717, 1.165) is 31.5 Å². The molecular weight excluding hydrogens is 278 g/mol. The molecule has 1 aliphatic rings. The van der Waals surface area contributed by atoms with Crippen molar-refractivity contribution in [2.24, 2.45) is 5.92 Å². The van der Waals surface area contributed by atoms with E-state index >= 15 is 0 Å². The van der Waals surface area contributed by atoms with Gasteiger partial charge in [-0.15, -0.1) is 0 Å². The van der Waals surface area contributed by atoms with Crippen molar-refractivity contribution in [2.75, 3.05) is 26.7 Å². The van der Waals surface area contributed by atoms with Gasteiger partial charge in [-0.05, 0) is 38.4 Å². The van der Waals surface area contributed by atoms with Gasteiger partial charge in [0.1, 0.15) is 0 Å². The van der Waals surface area contributed by atoms with Gasteiger partial charge in [-0.25, -0.2) is 0 Å². The fraction of sp³-hybridized carbons (Fsp3) is 0.529. The van der Waals surface area contributed by atoms with E-state index in [0.29, 0.717) is 6.54 Å². The highest BCUT2D eigenvalue weighted by atomic mass is 16.2. The van der Waals surface area contributed by atoms with E-state index in [1.807, 2.05) is 37.3 Å². The molecule has 0 bridgehead atoms. The first-order valence-corrected chi connectivity index (χ1v) is 7.88. The Morgan fingerprint density at radius 3 is 2.45 bits per heavy atom. The topological polar surface area (TPSA) is 61.4 Å². The molecule has 0 aliphatic carbocycles. The van der Waals surface area contributed by atoms with Gasteiger partial charge in [-0.2, -0.15) is 0 Å². The van der Waals surface area contributed by atoms with Gasteiger partial charge < -0.3 is 10.6 Å². The third kappa shape index (κ3) is 4.56. The average Bonchev–Trinajstić information content (AvgIpc) is 2.55. The average molecular weight is 303 g/mol. The molecular formula is C17H25N3O2. The fourth-order valence-corrected chi connectivity index (χ4v) is 2.87. The van der Waals surface area contributed by atoms with Gasteiger partial charge in [-0.1, -0.05) is 30.3 Å². The zero-order valence-corrected chi connectivity index (χ0v) is 13.3. The molecule has 0 spiro atoms. The molecule has 2 rings (SSSR count). The Hall–Kier alpha value is -1.88. The van der Waals surface area contributed by atoms with Crippen LogP contribution in [0.4, 0.5) is 0 Å². The summed E-state index contributed by atoms with van der Waals surface area (Å²) >= 11 is 0. The molecule has 1 fully saturated rings. The second-order valence-electron chi connectivity index (χ2n) is 5.86. The Bertz CT molecular complexity index is 496. The van der Waals surface area contributed by atoms with Crippen molar-refractivity contribution in [2.45, 2.75) is 25.8 Å². The van der Waals surface area contributed by atoms with Gasteiger partial charge in [-0.3, -0.25) is 14.5 Å². The molecule has 0 aromatic heterocycles. The molecule has 0 saturated carbocycles. The summed E-state index contributed by atoms with van der Waals surface area (Å²) in [7, 11) is 1.67. The number of carbonyl (C=O) groups excluding carboxylic acids is 2. The lowest BCUT2D eigenvalue weighted by Gasteiger charge is -2.30. The minimum absolute atomic E-state index is 0.0112. The summed E-state index contributed by atoms with van der Waals surface area (Å²) in [6.45, 7) is 3.99. The molecule has 2 amide bonds. The maximum Gasteiger partial charge on any atom is 0.234 e. The maximum atomic E-state index is 12.1. The first-order chi connectivity index (χ1) is 10.6. The van der Waals surface area contributed by atoms with Crippen molar-refractivity contribution in [3.05, 3.63) is 35.9 Å². The fourth-order valence-electron chi connectivity index (χ4n) is 2.87. The van der Waals surface area contributed by atoms with Crippen LogP contribution in [0.15, 0.2) is 30.3 Å². The van der Waals surface area contributed by atoms with Crippen LogP contribution in [0, 0.1) is 5.92 Å². The van der Waals surface area contributed by atoms with E-state index in [2.05, 4.69) is 15.5 Å². The maximum absolute atomic E-state index is 12.1. The molecule has 0 radical (unpaired) electrons. The highest BCUT2D eigenvalue weighted by Gasteiger charge is 2.25. The number of hydrogen-bond acceptors (Lipinski definition) is 3.